The zero-order chi connectivity index (χ0) is 14.3. The third kappa shape index (κ3) is 6.41. The number of nitrogens with zero attached hydrogens (tertiary/aromatic N) is 1. The fraction of sp³-hybridized carbons (Fsp3) is 0.500. The maximum Gasteiger partial charge on any atom is 0.127 e. The molecule has 106 valence electrons. The Labute approximate surface area is 118 Å². The summed E-state index contributed by atoms with van der Waals surface area (Å²) in [4.78, 5) is 5.19. The molecule has 0 spiro atoms. The molecule has 0 radical (unpaired) electrons. The van der Waals surface area contributed by atoms with E-state index in [1.807, 2.05) is 0 Å². The van der Waals surface area contributed by atoms with Crippen LogP contribution in [0.5, 0.6) is 0 Å². The molecule has 1 aromatic carbocycles. The molecule has 1 atom stereocenters. The molecule has 0 aliphatic carbocycles. The molecule has 1 aromatic rings. The topological polar surface area (TPSA) is 12.1 Å². The zero-order valence-electron chi connectivity index (χ0n) is 13.0. The summed E-state index contributed by atoms with van der Waals surface area (Å²) in [5, 5.41) is 0. The van der Waals surface area contributed by atoms with Crippen LogP contribution < -0.4 is 14.7 Å². The van der Waals surface area contributed by atoms with Crippen molar-refractivity contribution >= 4 is 11.8 Å². The minimum absolute atomic E-state index is 1.09. The van der Waals surface area contributed by atoms with E-state index < -0.39 is 0 Å². The number of benzene rings is 1. The number of hydrogen-bond donors (Lipinski definition) is 2. The summed E-state index contributed by atoms with van der Waals surface area (Å²) in [6.07, 6.45) is 4.48. The molecule has 19 heavy (non-hydrogen) atoms. The lowest BCUT2D eigenvalue weighted by molar-refractivity contribution is -0.926. The highest BCUT2D eigenvalue weighted by atomic mass is 15.1. The second kappa shape index (κ2) is 7.97. The standard InChI is InChI=1S/C16H27N3/c1-17(2)13-14-19(5)12-6-7-15-8-10-16(11-9-15)18(3)4/h6-11H,12-14H2,1-5H3/p+2/b7-6+. The Balaban J connectivity index is 2.39. The van der Waals surface area contributed by atoms with Gasteiger partial charge in [-0.25, -0.2) is 0 Å². The molecule has 0 saturated carbocycles. The largest absolute Gasteiger partial charge is 0.378 e. The lowest BCUT2D eigenvalue weighted by atomic mass is 10.2. The first-order chi connectivity index (χ1) is 8.99. The lowest BCUT2D eigenvalue weighted by Crippen LogP contribution is -3.16. The van der Waals surface area contributed by atoms with Crippen molar-refractivity contribution < 1.29 is 9.80 Å². The lowest BCUT2D eigenvalue weighted by Gasteiger charge is -2.13. The molecule has 0 aliphatic rings. The molecule has 1 unspecified atom stereocenters. The van der Waals surface area contributed by atoms with E-state index in [1.165, 1.54) is 29.2 Å². The number of rotatable bonds is 7. The van der Waals surface area contributed by atoms with Crippen molar-refractivity contribution in [2.75, 3.05) is 59.8 Å². The van der Waals surface area contributed by atoms with Gasteiger partial charge in [-0.05, 0) is 23.8 Å². The first-order valence-electron chi connectivity index (χ1n) is 7.03. The van der Waals surface area contributed by atoms with Crippen molar-refractivity contribution in [3.8, 4) is 0 Å². The summed E-state index contributed by atoms with van der Waals surface area (Å²) in [6.45, 7) is 3.52. The van der Waals surface area contributed by atoms with E-state index in [1.54, 1.807) is 4.90 Å². The van der Waals surface area contributed by atoms with Gasteiger partial charge in [-0.3, -0.25) is 0 Å². The highest BCUT2D eigenvalue weighted by Gasteiger charge is 2.01. The average Bonchev–Trinajstić information content (AvgIpc) is 2.37. The first-order valence-corrected chi connectivity index (χ1v) is 7.03. The SMILES string of the molecule is CN(C)c1ccc(/C=C/C[NH+](C)CC[NH+](C)C)cc1. The minimum Gasteiger partial charge on any atom is -0.378 e. The zero-order valence-corrected chi connectivity index (χ0v) is 13.0. The third-order valence-electron chi connectivity index (χ3n) is 3.24. The minimum atomic E-state index is 1.09. The fourth-order valence-corrected chi connectivity index (χ4v) is 1.85. The van der Waals surface area contributed by atoms with Gasteiger partial charge in [0.2, 0.25) is 0 Å². The highest BCUT2D eigenvalue weighted by Crippen LogP contribution is 2.12. The quantitative estimate of drug-likeness (QED) is 0.671. The van der Waals surface area contributed by atoms with Crippen molar-refractivity contribution in [1.82, 2.24) is 0 Å². The average molecular weight is 263 g/mol. The van der Waals surface area contributed by atoms with Gasteiger partial charge in [0.15, 0.2) is 0 Å². The molecule has 0 saturated heterocycles. The van der Waals surface area contributed by atoms with Crippen LogP contribution in [0.4, 0.5) is 5.69 Å². The van der Waals surface area contributed by atoms with Gasteiger partial charge in [0.05, 0.1) is 27.7 Å². The van der Waals surface area contributed by atoms with Crippen LogP contribution in [-0.4, -0.2) is 54.9 Å². The van der Waals surface area contributed by atoms with Crippen molar-refractivity contribution in [3.05, 3.63) is 35.9 Å². The van der Waals surface area contributed by atoms with Gasteiger partial charge in [-0.2, -0.15) is 0 Å². The smallest absolute Gasteiger partial charge is 0.127 e. The summed E-state index contributed by atoms with van der Waals surface area (Å²) in [6, 6.07) is 8.66. The second-order valence-electron chi connectivity index (χ2n) is 5.76. The molecule has 1 rings (SSSR count). The van der Waals surface area contributed by atoms with Gasteiger partial charge >= 0.3 is 0 Å². The van der Waals surface area contributed by atoms with Crippen LogP contribution >= 0.6 is 0 Å². The molecule has 0 aromatic heterocycles. The normalized spacial score (nSPS) is 13.2. The van der Waals surface area contributed by atoms with E-state index in [9.17, 15) is 0 Å². The monoisotopic (exact) mass is 263 g/mol. The van der Waals surface area contributed by atoms with E-state index in [2.05, 4.69) is 76.6 Å². The molecule has 3 heteroatoms. The van der Waals surface area contributed by atoms with Gasteiger partial charge in [-0.1, -0.05) is 18.2 Å². The van der Waals surface area contributed by atoms with Crippen LogP contribution in [0.3, 0.4) is 0 Å². The maximum absolute atomic E-state index is 2.27. The number of hydrogen-bond acceptors (Lipinski definition) is 1. The van der Waals surface area contributed by atoms with Gasteiger partial charge < -0.3 is 14.7 Å². The predicted molar refractivity (Wildman–Crippen MR) is 84.1 cm³/mol. The Morgan fingerprint density at radius 2 is 1.63 bits per heavy atom. The molecular formula is C16H29N3+2. The van der Waals surface area contributed by atoms with E-state index >= 15 is 0 Å². The van der Waals surface area contributed by atoms with Gasteiger partial charge in [0.25, 0.3) is 0 Å². The summed E-state index contributed by atoms with van der Waals surface area (Å²) in [7, 11) is 10.8. The Kier molecular flexibility index (Phi) is 6.60. The van der Waals surface area contributed by atoms with Crippen LogP contribution in [-0.2, 0) is 0 Å². The summed E-state index contributed by atoms with van der Waals surface area (Å²) < 4.78 is 0. The van der Waals surface area contributed by atoms with Gasteiger partial charge in [0, 0.05) is 19.8 Å². The van der Waals surface area contributed by atoms with Gasteiger partial charge in [-0.15, -0.1) is 0 Å². The van der Waals surface area contributed by atoms with Crippen molar-refractivity contribution in [2.24, 2.45) is 0 Å². The second-order valence-corrected chi connectivity index (χ2v) is 5.76. The molecule has 2 N–H and O–H groups in total. The third-order valence-corrected chi connectivity index (χ3v) is 3.24. The van der Waals surface area contributed by atoms with Crippen LogP contribution in [0, 0.1) is 0 Å². The first kappa shape index (κ1) is 15.7. The number of quaternary nitrogens is 2. The van der Waals surface area contributed by atoms with E-state index in [0.717, 1.165) is 6.54 Å². The Bertz CT molecular complexity index is 379. The molecule has 0 heterocycles. The summed E-state index contributed by atoms with van der Waals surface area (Å²) in [5.74, 6) is 0. The molecule has 0 aliphatic heterocycles. The van der Waals surface area contributed by atoms with E-state index in [0.29, 0.717) is 0 Å². The molecular weight excluding hydrogens is 234 g/mol. The summed E-state index contributed by atoms with van der Waals surface area (Å²) in [5.41, 5.74) is 2.52. The molecule has 3 nitrogen and oxygen atoms in total. The van der Waals surface area contributed by atoms with Crippen LogP contribution in [0.1, 0.15) is 5.56 Å². The van der Waals surface area contributed by atoms with Crippen LogP contribution in [0.2, 0.25) is 0 Å². The maximum atomic E-state index is 2.27. The van der Waals surface area contributed by atoms with Crippen molar-refractivity contribution in [2.45, 2.75) is 0 Å². The number of nitrogens with one attached hydrogen (secondary N) is 2. The fourth-order valence-electron chi connectivity index (χ4n) is 1.85. The molecule has 0 bridgehead atoms. The van der Waals surface area contributed by atoms with Crippen molar-refractivity contribution in [3.63, 3.8) is 0 Å². The van der Waals surface area contributed by atoms with E-state index in [4.69, 9.17) is 0 Å². The van der Waals surface area contributed by atoms with E-state index in [-0.39, 0.29) is 0 Å². The Morgan fingerprint density at radius 1 is 1.00 bits per heavy atom. The Morgan fingerprint density at radius 3 is 2.16 bits per heavy atom. The number of anilines is 1. The highest BCUT2D eigenvalue weighted by molar-refractivity contribution is 5.55. The van der Waals surface area contributed by atoms with Gasteiger partial charge in [0.1, 0.15) is 13.1 Å². The molecule has 0 fully saturated rings. The Hall–Kier alpha value is -1.32. The predicted octanol–water partition coefficient (Wildman–Crippen LogP) is -0.575. The van der Waals surface area contributed by atoms with Crippen molar-refractivity contribution in [1.29, 1.82) is 0 Å². The number of likely N-dealkylation sites (N-methyl/N-ethyl adjacent to an activating group) is 2. The van der Waals surface area contributed by atoms with Crippen LogP contribution in [0.15, 0.2) is 30.3 Å². The molecule has 0 amide bonds. The summed E-state index contributed by atoms with van der Waals surface area (Å²) >= 11 is 0. The van der Waals surface area contributed by atoms with Crippen LogP contribution in [0.25, 0.3) is 6.08 Å².